The predicted octanol–water partition coefficient (Wildman–Crippen LogP) is 4.72. The lowest BCUT2D eigenvalue weighted by Crippen LogP contribution is -2.38. The highest BCUT2D eigenvalue weighted by molar-refractivity contribution is 5.96. The molecule has 1 heterocycles. The molecule has 0 spiro atoms. The maximum absolute atomic E-state index is 13.0. The van der Waals surface area contributed by atoms with Crippen LogP contribution >= 0.6 is 0 Å². The molecule has 1 fully saturated rings. The zero-order chi connectivity index (χ0) is 22.8. The summed E-state index contributed by atoms with van der Waals surface area (Å²) in [5.41, 5.74) is 1.22. The number of para-hydroxylation sites is 2. The van der Waals surface area contributed by atoms with Gasteiger partial charge in [0.25, 0.3) is 0 Å². The van der Waals surface area contributed by atoms with Crippen molar-refractivity contribution in [3.05, 3.63) is 59.9 Å². The highest BCUT2D eigenvalue weighted by atomic mass is 19.1. The van der Waals surface area contributed by atoms with Crippen molar-refractivity contribution >= 4 is 17.5 Å². The largest absolute Gasteiger partial charge is 0.491 e. The van der Waals surface area contributed by atoms with Gasteiger partial charge in [-0.25, -0.2) is 9.18 Å². The molecule has 6 nitrogen and oxygen atoms in total. The molecule has 1 atom stereocenters. The zero-order valence-electron chi connectivity index (χ0n) is 18.6. The number of hydrogen-bond acceptors (Lipinski definition) is 4. The number of urea groups is 1. The van der Waals surface area contributed by atoms with Gasteiger partial charge in [0.05, 0.1) is 12.3 Å². The second-order valence-corrected chi connectivity index (χ2v) is 8.13. The van der Waals surface area contributed by atoms with E-state index in [9.17, 15) is 14.0 Å². The van der Waals surface area contributed by atoms with Crippen LogP contribution in [-0.4, -0.2) is 49.5 Å². The quantitative estimate of drug-likeness (QED) is 0.524. The second kappa shape index (κ2) is 12.2. The van der Waals surface area contributed by atoms with E-state index >= 15 is 0 Å². The number of carbonyl (C=O) groups excluding carboxylic acids is 2. The Labute approximate surface area is 189 Å². The standard InChI is InChI=1S/C25H32FN3O3/c1-2-27-25(31)28-22-8-3-4-10-24(22)32-18-19-7-5-15-29(17-19)16-6-9-23(30)20-11-13-21(26)14-12-20/h3-4,8,10-14,19H,2,5-7,9,15-18H2,1H3,(H2,27,28,31). The van der Waals surface area contributed by atoms with Crippen LogP contribution in [0.2, 0.25) is 0 Å². The smallest absolute Gasteiger partial charge is 0.319 e. The third-order valence-corrected chi connectivity index (χ3v) is 5.59. The molecule has 0 bridgehead atoms. The number of likely N-dealkylation sites (tertiary alicyclic amines) is 1. The van der Waals surface area contributed by atoms with Crippen molar-refractivity contribution in [2.75, 3.05) is 38.1 Å². The summed E-state index contributed by atoms with van der Waals surface area (Å²) in [6, 6.07) is 12.9. The SMILES string of the molecule is CCNC(=O)Nc1ccccc1OCC1CCCN(CCCC(=O)c2ccc(F)cc2)C1. The molecule has 0 saturated carbocycles. The van der Waals surface area contributed by atoms with Crippen LogP contribution in [0.15, 0.2) is 48.5 Å². The Morgan fingerprint density at radius 1 is 1.16 bits per heavy atom. The number of anilines is 1. The normalized spacial score (nSPS) is 16.4. The molecule has 7 heteroatoms. The number of carbonyl (C=O) groups is 2. The van der Waals surface area contributed by atoms with Crippen LogP contribution < -0.4 is 15.4 Å². The Hall–Kier alpha value is -2.93. The van der Waals surface area contributed by atoms with Gasteiger partial charge >= 0.3 is 6.03 Å². The van der Waals surface area contributed by atoms with Crippen molar-refractivity contribution in [1.29, 1.82) is 0 Å². The topological polar surface area (TPSA) is 70.7 Å². The van der Waals surface area contributed by atoms with Crippen LogP contribution in [0.5, 0.6) is 5.75 Å². The van der Waals surface area contributed by atoms with E-state index in [4.69, 9.17) is 4.74 Å². The molecule has 0 radical (unpaired) electrons. The molecule has 1 unspecified atom stereocenters. The Kier molecular flexibility index (Phi) is 9.04. The molecule has 0 aliphatic carbocycles. The van der Waals surface area contributed by atoms with Crippen molar-refractivity contribution in [2.24, 2.45) is 5.92 Å². The van der Waals surface area contributed by atoms with Crippen LogP contribution in [0.3, 0.4) is 0 Å². The molecule has 172 valence electrons. The molecule has 2 amide bonds. The summed E-state index contributed by atoms with van der Waals surface area (Å²) in [6.45, 7) is 5.82. The van der Waals surface area contributed by atoms with Gasteiger partial charge in [-0.2, -0.15) is 0 Å². The van der Waals surface area contributed by atoms with E-state index in [-0.39, 0.29) is 17.6 Å². The monoisotopic (exact) mass is 441 g/mol. The van der Waals surface area contributed by atoms with Gasteiger partial charge in [0, 0.05) is 31.0 Å². The molecule has 2 aromatic carbocycles. The summed E-state index contributed by atoms with van der Waals surface area (Å²) in [7, 11) is 0. The van der Waals surface area contributed by atoms with E-state index in [0.29, 0.717) is 42.5 Å². The van der Waals surface area contributed by atoms with Crippen molar-refractivity contribution in [1.82, 2.24) is 10.2 Å². The van der Waals surface area contributed by atoms with E-state index in [1.807, 2.05) is 31.2 Å². The molecule has 1 aliphatic heterocycles. The van der Waals surface area contributed by atoms with Crippen LogP contribution in [0.25, 0.3) is 0 Å². The van der Waals surface area contributed by atoms with Gasteiger partial charge in [-0.1, -0.05) is 12.1 Å². The maximum Gasteiger partial charge on any atom is 0.319 e. The number of amides is 2. The van der Waals surface area contributed by atoms with E-state index in [2.05, 4.69) is 15.5 Å². The maximum atomic E-state index is 13.0. The number of Topliss-reactive ketones (excluding diaryl/α,β-unsaturated/α-hetero) is 1. The lowest BCUT2D eigenvalue weighted by Gasteiger charge is -2.32. The number of benzene rings is 2. The first kappa shape index (κ1) is 23.7. The molecular weight excluding hydrogens is 409 g/mol. The molecule has 32 heavy (non-hydrogen) atoms. The Morgan fingerprint density at radius 3 is 2.72 bits per heavy atom. The molecule has 2 N–H and O–H groups in total. The predicted molar refractivity (Wildman–Crippen MR) is 124 cm³/mol. The molecule has 1 aliphatic rings. The van der Waals surface area contributed by atoms with Crippen LogP contribution in [0.4, 0.5) is 14.9 Å². The lowest BCUT2D eigenvalue weighted by molar-refractivity contribution is 0.0961. The zero-order valence-corrected chi connectivity index (χ0v) is 18.6. The fourth-order valence-electron chi connectivity index (χ4n) is 3.96. The third-order valence-electron chi connectivity index (χ3n) is 5.59. The minimum absolute atomic E-state index is 0.0538. The molecule has 0 aromatic heterocycles. The van der Waals surface area contributed by atoms with E-state index in [0.717, 1.165) is 38.9 Å². The van der Waals surface area contributed by atoms with Gasteiger partial charge in [0.15, 0.2) is 5.78 Å². The van der Waals surface area contributed by atoms with Gasteiger partial charge in [-0.3, -0.25) is 4.79 Å². The number of ketones is 1. The Balaban J connectivity index is 1.43. The van der Waals surface area contributed by atoms with Gasteiger partial charge in [0.1, 0.15) is 11.6 Å². The summed E-state index contributed by atoms with van der Waals surface area (Å²) in [5, 5.41) is 5.54. The Bertz CT molecular complexity index is 888. The number of nitrogens with zero attached hydrogens (tertiary/aromatic N) is 1. The number of hydrogen-bond donors (Lipinski definition) is 2. The van der Waals surface area contributed by atoms with Gasteiger partial charge < -0.3 is 20.3 Å². The first-order valence-electron chi connectivity index (χ1n) is 11.3. The number of rotatable bonds is 10. The van der Waals surface area contributed by atoms with Crippen molar-refractivity contribution in [3.8, 4) is 5.75 Å². The fourth-order valence-corrected chi connectivity index (χ4v) is 3.96. The number of ether oxygens (including phenoxy) is 1. The average molecular weight is 442 g/mol. The Morgan fingerprint density at radius 2 is 1.94 bits per heavy atom. The fraction of sp³-hybridized carbons (Fsp3) is 0.440. The molecule has 2 aromatic rings. The minimum atomic E-state index is -0.328. The summed E-state index contributed by atoms with van der Waals surface area (Å²) in [4.78, 5) is 26.5. The van der Waals surface area contributed by atoms with Crippen LogP contribution in [0, 0.1) is 11.7 Å². The third kappa shape index (κ3) is 7.34. The number of piperidine rings is 1. The van der Waals surface area contributed by atoms with E-state index in [1.165, 1.54) is 12.1 Å². The average Bonchev–Trinajstić information content (AvgIpc) is 2.79. The number of nitrogens with one attached hydrogen (secondary N) is 2. The summed E-state index contributed by atoms with van der Waals surface area (Å²) in [5.74, 6) is 0.790. The number of halogens is 1. The van der Waals surface area contributed by atoms with Crippen molar-refractivity contribution in [3.63, 3.8) is 0 Å². The van der Waals surface area contributed by atoms with Gasteiger partial charge in [0.2, 0.25) is 0 Å². The second-order valence-electron chi connectivity index (χ2n) is 8.13. The van der Waals surface area contributed by atoms with Crippen molar-refractivity contribution in [2.45, 2.75) is 32.6 Å². The first-order valence-corrected chi connectivity index (χ1v) is 11.3. The van der Waals surface area contributed by atoms with Crippen molar-refractivity contribution < 1.29 is 18.7 Å². The molecular formula is C25H32FN3O3. The van der Waals surface area contributed by atoms with E-state index < -0.39 is 0 Å². The lowest BCUT2D eigenvalue weighted by atomic mass is 9.98. The molecule has 3 rings (SSSR count). The minimum Gasteiger partial charge on any atom is -0.491 e. The summed E-state index contributed by atoms with van der Waals surface area (Å²) < 4.78 is 19.1. The van der Waals surface area contributed by atoms with Crippen LogP contribution in [-0.2, 0) is 0 Å². The highest BCUT2D eigenvalue weighted by Crippen LogP contribution is 2.26. The highest BCUT2D eigenvalue weighted by Gasteiger charge is 2.21. The summed E-state index contributed by atoms with van der Waals surface area (Å²) >= 11 is 0. The first-order chi connectivity index (χ1) is 15.5. The van der Waals surface area contributed by atoms with Gasteiger partial charge in [-0.05, 0) is 75.7 Å². The summed E-state index contributed by atoms with van der Waals surface area (Å²) in [6.07, 6.45) is 3.43. The van der Waals surface area contributed by atoms with Gasteiger partial charge in [-0.15, -0.1) is 0 Å². The van der Waals surface area contributed by atoms with E-state index in [1.54, 1.807) is 12.1 Å². The van der Waals surface area contributed by atoms with Crippen LogP contribution in [0.1, 0.15) is 43.0 Å². The molecule has 1 saturated heterocycles.